The standard InChI is InChI=1S/C18H22BrN3O4S/c1-13-11-14(6-7-15(13)19)12-21(2)18(24)20-16-5-4-8-22(17(16)23)9-10-27(3,25)26/h4-8,11H,9-10,12H2,1-3H3,(H,20,24). The van der Waals surface area contributed by atoms with Gasteiger partial charge in [0.25, 0.3) is 5.56 Å². The summed E-state index contributed by atoms with van der Waals surface area (Å²) in [5.41, 5.74) is 1.70. The lowest BCUT2D eigenvalue weighted by Gasteiger charge is -2.18. The maximum Gasteiger partial charge on any atom is 0.322 e. The van der Waals surface area contributed by atoms with Gasteiger partial charge in [0.1, 0.15) is 15.5 Å². The number of urea groups is 1. The Balaban J connectivity index is 2.08. The number of anilines is 1. The van der Waals surface area contributed by atoms with Crippen molar-refractivity contribution in [2.24, 2.45) is 0 Å². The molecule has 9 heteroatoms. The molecule has 0 aliphatic heterocycles. The average molecular weight is 456 g/mol. The maximum atomic E-state index is 12.4. The minimum atomic E-state index is -3.19. The summed E-state index contributed by atoms with van der Waals surface area (Å²) in [5.74, 6) is -0.146. The fraction of sp³-hybridized carbons (Fsp3) is 0.333. The first-order valence-electron chi connectivity index (χ1n) is 8.21. The number of sulfone groups is 1. The van der Waals surface area contributed by atoms with Crippen molar-refractivity contribution >= 4 is 37.5 Å². The summed E-state index contributed by atoms with van der Waals surface area (Å²) in [6, 6.07) is 8.49. The molecule has 7 nitrogen and oxygen atoms in total. The molecule has 0 fully saturated rings. The van der Waals surface area contributed by atoms with Crippen molar-refractivity contribution in [3.05, 3.63) is 62.5 Å². The Hall–Kier alpha value is -2.13. The van der Waals surface area contributed by atoms with Gasteiger partial charge in [-0.2, -0.15) is 0 Å². The van der Waals surface area contributed by atoms with Crippen LogP contribution in [-0.4, -0.2) is 43.0 Å². The van der Waals surface area contributed by atoms with Crippen molar-refractivity contribution in [3.8, 4) is 0 Å². The first kappa shape index (κ1) is 21.2. The summed E-state index contributed by atoms with van der Waals surface area (Å²) < 4.78 is 24.9. The molecular formula is C18H22BrN3O4S. The van der Waals surface area contributed by atoms with Crippen LogP contribution in [0.1, 0.15) is 11.1 Å². The molecule has 0 atom stereocenters. The zero-order valence-corrected chi connectivity index (χ0v) is 17.8. The third-order valence-electron chi connectivity index (χ3n) is 3.95. The molecule has 0 radical (unpaired) electrons. The summed E-state index contributed by atoms with van der Waals surface area (Å²) in [5, 5.41) is 2.59. The van der Waals surface area contributed by atoms with E-state index in [0.717, 1.165) is 21.9 Å². The van der Waals surface area contributed by atoms with Gasteiger partial charge in [0, 0.05) is 37.1 Å². The molecule has 0 aliphatic carbocycles. The number of carbonyl (C=O) groups excluding carboxylic acids is 1. The fourth-order valence-electron chi connectivity index (χ4n) is 2.43. The normalized spacial score (nSPS) is 11.3. The Kier molecular flexibility index (Phi) is 6.83. The van der Waals surface area contributed by atoms with Gasteiger partial charge in [0.15, 0.2) is 0 Å². The van der Waals surface area contributed by atoms with Gasteiger partial charge in [-0.05, 0) is 36.2 Å². The highest BCUT2D eigenvalue weighted by Crippen LogP contribution is 2.18. The second-order valence-corrected chi connectivity index (χ2v) is 9.53. The predicted octanol–water partition coefficient (Wildman–Crippen LogP) is 2.63. The summed E-state index contributed by atoms with van der Waals surface area (Å²) in [6.07, 6.45) is 2.61. The van der Waals surface area contributed by atoms with Crippen molar-refractivity contribution < 1.29 is 13.2 Å². The van der Waals surface area contributed by atoms with Gasteiger partial charge in [-0.3, -0.25) is 4.79 Å². The Bertz CT molecular complexity index is 1000. The van der Waals surface area contributed by atoms with Gasteiger partial charge >= 0.3 is 6.03 Å². The fourth-order valence-corrected chi connectivity index (χ4v) is 3.21. The number of amides is 2. The second-order valence-electron chi connectivity index (χ2n) is 6.42. The number of aromatic nitrogens is 1. The lowest BCUT2D eigenvalue weighted by molar-refractivity contribution is 0.220. The number of hydrogen-bond acceptors (Lipinski definition) is 4. The second kappa shape index (κ2) is 8.71. The molecule has 0 bridgehead atoms. The SMILES string of the molecule is Cc1cc(CN(C)C(=O)Nc2cccn(CCS(C)(=O)=O)c2=O)ccc1Br. The topological polar surface area (TPSA) is 88.5 Å². The number of pyridine rings is 1. The number of halogens is 1. The molecule has 0 spiro atoms. The molecule has 1 heterocycles. The molecule has 1 aromatic carbocycles. The Labute approximate surface area is 167 Å². The third kappa shape index (κ3) is 6.21. The molecule has 0 aliphatic rings. The van der Waals surface area contributed by atoms with Crippen LogP contribution in [-0.2, 0) is 22.9 Å². The first-order valence-corrected chi connectivity index (χ1v) is 11.1. The minimum absolute atomic E-state index is 0.0371. The summed E-state index contributed by atoms with van der Waals surface area (Å²) in [6.45, 7) is 2.39. The average Bonchev–Trinajstić information content (AvgIpc) is 2.58. The highest BCUT2D eigenvalue weighted by molar-refractivity contribution is 9.10. The number of hydrogen-bond donors (Lipinski definition) is 1. The van der Waals surface area contributed by atoms with Crippen molar-refractivity contribution in [1.29, 1.82) is 0 Å². The van der Waals surface area contributed by atoms with E-state index in [0.29, 0.717) is 6.54 Å². The van der Waals surface area contributed by atoms with Crippen LogP contribution in [0.15, 0.2) is 45.8 Å². The van der Waals surface area contributed by atoms with Crippen LogP contribution in [0.5, 0.6) is 0 Å². The highest BCUT2D eigenvalue weighted by Gasteiger charge is 2.13. The highest BCUT2D eigenvalue weighted by atomic mass is 79.9. The van der Waals surface area contributed by atoms with Crippen LogP contribution in [0.4, 0.5) is 10.5 Å². The van der Waals surface area contributed by atoms with Gasteiger partial charge in [-0.25, -0.2) is 13.2 Å². The van der Waals surface area contributed by atoms with Crippen molar-refractivity contribution in [3.63, 3.8) is 0 Å². The number of aryl methyl sites for hydroxylation is 2. The van der Waals surface area contributed by atoms with Crippen molar-refractivity contribution in [2.75, 3.05) is 24.4 Å². The predicted molar refractivity (Wildman–Crippen MR) is 110 cm³/mol. The van der Waals surface area contributed by atoms with E-state index in [2.05, 4.69) is 21.2 Å². The maximum absolute atomic E-state index is 12.4. The number of rotatable bonds is 6. The molecule has 0 saturated carbocycles. The van der Waals surface area contributed by atoms with Crippen LogP contribution in [0.2, 0.25) is 0 Å². The summed E-state index contributed by atoms with van der Waals surface area (Å²) in [4.78, 5) is 26.3. The van der Waals surface area contributed by atoms with Crippen LogP contribution in [0.3, 0.4) is 0 Å². The molecule has 2 rings (SSSR count). The molecule has 27 heavy (non-hydrogen) atoms. The largest absolute Gasteiger partial charge is 0.323 e. The van der Waals surface area contributed by atoms with E-state index < -0.39 is 21.4 Å². The van der Waals surface area contributed by atoms with Gasteiger partial charge < -0.3 is 14.8 Å². The van der Waals surface area contributed by atoms with E-state index in [1.807, 2.05) is 25.1 Å². The minimum Gasteiger partial charge on any atom is -0.323 e. The van der Waals surface area contributed by atoms with Gasteiger partial charge in [-0.1, -0.05) is 28.1 Å². The Morgan fingerprint density at radius 2 is 2.00 bits per heavy atom. The lowest BCUT2D eigenvalue weighted by Crippen LogP contribution is -2.34. The lowest BCUT2D eigenvalue weighted by atomic mass is 10.1. The van der Waals surface area contributed by atoms with Crippen LogP contribution in [0, 0.1) is 6.92 Å². The van der Waals surface area contributed by atoms with Crippen LogP contribution < -0.4 is 10.9 Å². The molecule has 146 valence electrons. The van der Waals surface area contributed by atoms with E-state index in [9.17, 15) is 18.0 Å². The first-order chi connectivity index (χ1) is 12.6. The molecule has 0 saturated heterocycles. The van der Waals surface area contributed by atoms with E-state index >= 15 is 0 Å². The molecule has 2 aromatic rings. The quantitative estimate of drug-likeness (QED) is 0.724. The van der Waals surface area contributed by atoms with Crippen molar-refractivity contribution in [1.82, 2.24) is 9.47 Å². The van der Waals surface area contributed by atoms with E-state index in [1.54, 1.807) is 13.1 Å². The number of benzene rings is 1. The monoisotopic (exact) mass is 455 g/mol. The van der Waals surface area contributed by atoms with E-state index in [1.165, 1.54) is 21.7 Å². The summed E-state index contributed by atoms with van der Waals surface area (Å²) in [7, 11) is -1.55. The zero-order chi connectivity index (χ0) is 20.2. The van der Waals surface area contributed by atoms with Gasteiger partial charge in [-0.15, -0.1) is 0 Å². The molecule has 1 aromatic heterocycles. The zero-order valence-electron chi connectivity index (χ0n) is 15.4. The van der Waals surface area contributed by atoms with Gasteiger partial charge in [0.2, 0.25) is 0 Å². The summed E-state index contributed by atoms with van der Waals surface area (Å²) >= 11 is 3.44. The van der Waals surface area contributed by atoms with Crippen LogP contribution in [0.25, 0.3) is 0 Å². The Morgan fingerprint density at radius 3 is 2.63 bits per heavy atom. The smallest absolute Gasteiger partial charge is 0.322 e. The molecule has 2 amide bonds. The van der Waals surface area contributed by atoms with E-state index in [4.69, 9.17) is 0 Å². The number of nitrogens with zero attached hydrogens (tertiary/aromatic N) is 2. The van der Waals surface area contributed by atoms with Gasteiger partial charge in [0.05, 0.1) is 5.75 Å². The van der Waals surface area contributed by atoms with E-state index in [-0.39, 0.29) is 18.0 Å². The van der Waals surface area contributed by atoms with Crippen LogP contribution >= 0.6 is 15.9 Å². The molecule has 1 N–H and O–H groups in total. The molecular weight excluding hydrogens is 434 g/mol. The number of carbonyl (C=O) groups is 1. The van der Waals surface area contributed by atoms with Crippen molar-refractivity contribution in [2.45, 2.75) is 20.0 Å². The molecule has 0 unspecified atom stereocenters. The third-order valence-corrected chi connectivity index (χ3v) is 5.77. The Morgan fingerprint density at radius 1 is 1.30 bits per heavy atom. The number of nitrogens with one attached hydrogen (secondary N) is 1.